The molecule has 39 heavy (non-hydrogen) atoms. The maximum Gasteiger partial charge on any atom is 0.0280 e. The number of hydrogen-bond acceptors (Lipinski definition) is 2. The molecule has 0 aliphatic heterocycles. The second-order valence-corrected chi connectivity index (χ2v) is 10.6. The van der Waals surface area contributed by atoms with E-state index < -0.39 is 6.85 Å². The standard InChI is InChI=1S/C18H14N.C18H22N.Ir/c1-14-13-19-18(16-10-6-3-7-11-16)12-17(14)15-8-4-2-5-9-15;1-13(2)15-11-17(14-9-7-6-8-10-14)19-12-16(15)18(3,4)5;/h2-10,12-13H,1H3;6-9,11-13H,1-5H3;/q2*-1;/i1D3;;. The summed E-state index contributed by atoms with van der Waals surface area (Å²) >= 11 is 0. The van der Waals surface area contributed by atoms with Crippen molar-refractivity contribution in [2.24, 2.45) is 0 Å². The van der Waals surface area contributed by atoms with Crippen LogP contribution in [-0.2, 0) is 25.5 Å². The first-order chi connectivity index (χ1) is 19.4. The number of hydrogen-bond donors (Lipinski definition) is 0. The van der Waals surface area contributed by atoms with Gasteiger partial charge in [0.2, 0.25) is 0 Å². The van der Waals surface area contributed by atoms with Gasteiger partial charge in [-0.15, -0.1) is 71.8 Å². The van der Waals surface area contributed by atoms with Gasteiger partial charge >= 0.3 is 0 Å². The third kappa shape index (κ3) is 7.82. The monoisotopic (exact) mass is 692 g/mol. The zero-order valence-corrected chi connectivity index (χ0v) is 25.5. The first kappa shape index (κ1) is 25.9. The molecule has 1 radical (unpaired) electrons. The van der Waals surface area contributed by atoms with Crippen LogP contribution in [0.3, 0.4) is 0 Å². The normalized spacial score (nSPS) is 12.3. The van der Waals surface area contributed by atoms with E-state index in [1.165, 1.54) is 17.3 Å². The minimum absolute atomic E-state index is 0. The summed E-state index contributed by atoms with van der Waals surface area (Å²) in [6, 6.07) is 35.4. The third-order valence-electron chi connectivity index (χ3n) is 6.32. The van der Waals surface area contributed by atoms with Crippen LogP contribution >= 0.6 is 0 Å². The van der Waals surface area contributed by atoms with Crippen LogP contribution < -0.4 is 0 Å². The van der Waals surface area contributed by atoms with Crippen LogP contribution in [0.2, 0.25) is 0 Å². The van der Waals surface area contributed by atoms with E-state index in [4.69, 9.17) is 4.11 Å². The van der Waals surface area contributed by atoms with Crippen LogP contribution in [0.25, 0.3) is 33.6 Å². The largest absolute Gasteiger partial charge is 0.304 e. The zero-order chi connectivity index (χ0) is 29.6. The minimum atomic E-state index is -2.20. The average molecular weight is 692 g/mol. The molecule has 0 spiro atoms. The molecular formula is C36H36IrN2-2. The zero-order valence-electron chi connectivity index (χ0n) is 26.1. The fourth-order valence-electron chi connectivity index (χ4n) is 4.29. The van der Waals surface area contributed by atoms with Gasteiger partial charge in [0.1, 0.15) is 0 Å². The van der Waals surface area contributed by atoms with Crippen LogP contribution in [0.15, 0.2) is 103 Å². The minimum Gasteiger partial charge on any atom is -0.304 e. The summed E-state index contributed by atoms with van der Waals surface area (Å²) in [5.41, 5.74) is 8.30. The first-order valence-electron chi connectivity index (χ1n) is 14.5. The van der Waals surface area contributed by atoms with E-state index >= 15 is 0 Å². The average Bonchev–Trinajstić information content (AvgIpc) is 2.97. The van der Waals surface area contributed by atoms with E-state index in [0.29, 0.717) is 17.2 Å². The Morgan fingerprint density at radius 1 is 0.744 bits per heavy atom. The molecule has 0 unspecified atom stereocenters. The number of aryl methyl sites for hydroxylation is 1. The van der Waals surface area contributed by atoms with Crippen molar-refractivity contribution in [3.8, 4) is 33.6 Å². The van der Waals surface area contributed by atoms with Gasteiger partial charge in [0, 0.05) is 36.6 Å². The van der Waals surface area contributed by atoms with Crippen LogP contribution in [0.1, 0.15) is 61.3 Å². The summed E-state index contributed by atoms with van der Waals surface area (Å²) in [6.45, 7) is 9.00. The Bertz CT molecular complexity index is 1560. The molecule has 2 nitrogen and oxygen atoms in total. The molecule has 5 rings (SSSR count). The van der Waals surface area contributed by atoms with E-state index in [2.05, 4.69) is 68.9 Å². The molecule has 0 fully saturated rings. The van der Waals surface area contributed by atoms with Crippen molar-refractivity contribution in [3.05, 3.63) is 132 Å². The van der Waals surface area contributed by atoms with Crippen molar-refractivity contribution in [1.82, 2.24) is 9.97 Å². The van der Waals surface area contributed by atoms with Gasteiger partial charge < -0.3 is 9.97 Å². The molecule has 2 heterocycles. The van der Waals surface area contributed by atoms with E-state index in [1.807, 2.05) is 85.1 Å². The second-order valence-electron chi connectivity index (χ2n) is 10.6. The number of benzene rings is 3. The summed E-state index contributed by atoms with van der Waals surface area (Å²) in [4.78, 5) is 8.94. The van der Waals surface area contributed by atoms with Gasteiger partial charge in [0.25, 0.3) is 0 Å². The fourth-order valence-corrected chi connectivity index (χ4v) is 4.29. The van der Waals surface area contributed by atoms with E-state index in [1.54, 1.807) is 0 Å². The smallest absolute Gasteiger partial charge is 0.0280 e. The fraction of sp³-hybridized carbons (Fsp3) is 0.222. The van der Waals surface area contributed by atoms with Gasteiger partial charge in [-0.1, -0.05) is 77.1 Å². The van der Waals surface area contributed by atoms with Crippen LogP contribution in [0.4, 0.5) is 0 Å². The SMILES string of the molecule is CC(C)c1cc(-c2[c-]cccc2)ncc1C(C)(C)C.[2H]C([2H])([2H])c1cnc(-c2[c-]cccc2)cc1-c1ccccc1.[Ir]. The molecular weight excluding hydrogens is 653 g/mol. The Morgan fingerprint density at radius 2 is 1.31 bits per heavy atom. The van der Waals surface area contributed by atoms with Gasteiger partial charge in [0.15, 0.2) is 0 Å². The van der Waals surface area contributed by atoms with Crippen molar-refractivity contribution >= 4 is 0 Å². The summed E-state index contributed by atoms with van der Waals surface area (Å²) < 4.78 is 23.2. The molecule has 201 valence electrons. The van der Waals surface area contributed by atoms with Gasteiger partial charge in [-0.05, 0) is 57.4 Å². The Morgan fingerprint density at radius 3 is 1.82 bits per heavy atom. The summed E-state index contributed by atoms with van der Waals surface area (Å²) in [7, 11) is 0. The number of pyridine rings is 2. The number of rotatable bonds is 4. The Kier molecular flexibility index (Phi) is 9.02. The van der Waals surface area contributed by atoms with Crippen LogP contribution in [0.5, 0.6) is 0 Å². The molecule has 2 aromatic heterocycles. The molecule has 0 amide bonds. The van der Waals surface area contributed by atoms with Gasteiger partial charge in [0.05, 0.1) is 0 Å². The Hall–Kier alpha value is -3.39. The Labute approximate surface area is 252 Å². The maximum atomic E-state index is 7.72. The topological polar surface area (TPSA) is 25.8 Å². The molecule has 0 bridgehead atoms. The molecule has 3 aromatic carbocycles. The number of aromatic nitrogens is 2. The van der Waals surface area contributed by atoms with Gasteiger partial charge in [-0.25, -0.2) is 0 Å². The van der Waals surface area contributed by atoms with E-state index in [0.717, 1.165) is 22.4 Å². The summed E-state index contributed by atoms with van der Waals surface area (Å²) in [6.07, 6.45) is 3.48. The van der Waals surface area contributed by atoms with Crippen molar-refractivity contribution in [3.63, 3.8) is 0 Å². The molecule has 0 aliphatic rings. The van der Waals surface area contributed by atoms with E-state index in [9.17, 15) is 0 Å². The molecule has 3 heteroatoms. The van der Waals surface area contributed by atoms with Crippen LogP contribution in [0, 0.1) is 19.0 Å². The molecule has 5 aromatic rings. The molecule has 0 saturated carbocycles. The second kappa shape index (κ2) is 13.6. The van der Waals surface area contributed by atoms with Crippen molar-refractivity contribution in [2.45, 2.75) is 52.8 Å². The van der Waals surface area contributed by atoms with Gasteiger partial charge in [-0.3, -0.25) is 0 Å². The Balaban J connectivity index is 0.000000228. The predicted octanol–water partition coefficient (Wildman–Crippen LogP) is 9.49. The molecule has 0 saturated heterocycles. The summed E-state index contributed by atoms with van der Waals surface area (Å²) in [5, 5.41) is 0. The van der Waals surface area contributed by atoms with Crippen molar-refractivity contribution in [2.75, 3.05) is 0 Å². The van der Waals surface area contributed by atoms with Crippen molar-refractivity contribution < 1.29 is 24.2 Å². The molecule has 0 N–H and O–H groups in total. The first-order valence-corrected chi connectivity index (χ1v) is 13.0. The molecule has 0 aliphatic carbocycles. The van der Waals surface area contributed by atoms with Crippen LogP contribution in [-0.4, -0.2) is 9.97 Å². The quantitative estimate of drug-likeness (QED) is 0.176. The number of nitrogens with zero attached hydrogens (tertiary/aromatic N) is 2. The van der Waals surface area contributed by atoms with Gasteiger partial charge in [-0.2, -0.15) is 0 Å². The van der Waals surface area contributed by atoms with E-state index in [-0.39, 0.29) is 31.1 Å². The van der Waals surface area contributed by atoms with Crippen molar-refractivity contribution in [1.29, 1.82) is 0 Å². The summed E-state index contributed by atoms with van der Waals surface area (Å²) in [5.74, 6) is 0.500. The molecule has 0 atom stereocenters. The predicted molar refractivity (Wildman–Crippen MR) is 160 cm³/mol. The maximum absolute atomic E-state index is 7.72. The third-order valence-corrected chi connectivity index (χ3v) is 6.32.